The van der Waals surface area contributed by atoms with Gasteiger partial charge in [-0.3, -0.25) is 14.8 Å². The van der Waals surface area contributed by atoms with Crippen LogP contribution in [0.3, 0.4) is 0 Å². The molecule has 0 aliphatic carbocycles. The smallest absolute Gasteiger partial charge is 0.269 e. The summed E-state index contributed by atoms with van der Waals surface area (Å²) in [7, 11) is -3.65. The van der Waals surface area contributed by atoms with Crippen molar-refractivity contribution in [1.82, 2.24) is 14.5 Å². The highest BCUT2D eigenvalue weighted by atomic mass is 32.2. The van der Waals surface area contributed by atoms with E-state index < -0.39 is 14.9 Å². The number of hydrogen-bond acceptors (Lipinski definition) is 5. The lowest BCUT2D eigenvalue weighted by Crippen LogP contribution is -2.25. The molecule has 0 saturated heterocycles. The Morgan fingerprint density at radius 3 is 2.55 bits per heavy atom. The average molecular weight is 324 g/mol. The summed E-state index contributed by atoms with van der Waals surface area (Å²) in [5, 5.41) is 14.7. The van der Waals surface area contributed by atoms with Crippen LogP contribution in [-0.4, -0.2) is 29.7 Å². The molecule has 0 spiro atoms. The third kappa shape index (κ3) is 4.12. The predicted molar refractivity (Wildman–Crippen MR) is 79.9 cm³/mol. The maximum absolute atomic E-state index is 12.0. The maximum Gasteiger partial charge on any atom is 0.269 e. The van der Waals surface area contributed by atoms with Crippen molar-refractivity contribution >= 4 is 15.7 Å². The minimum Gasteiger partial charge on any atom is -0.272 e. The molecule has 118 valence electrons. The number of nitro groups is 1. The Kier molecular flexibility index (Phi) is 4.88. The first-order valence-electron chi connectivity index (χ1n) is 6.62. The summed E-state index contributed by atoms with van der Waals surface area (Å²) < 4.78 is 28.3. The van der Waals surface area contributed by atoms with E-state index in [1.54, 1.807) is 10.9 Å². The molecule has 0 fully saturated rings. The minimum absolute atomic E-state index is 0.00744. The first kappa shape index (κ1) is 16.1. The van der Waals surface area contributed by atoms with Gasteiger partial charge in [0.05, 0.1) is 16.0 Å². The minimum atomic E-state index is -3.65. The lowest BCUT2D eigenvalue weighted by atomic mass is 10.3. The van der Waals surface area contributed by atoms with Gasteiger partial charge in [-0.25, -0.2) is 13.1 Å². The van der Waals surface area contributed by atoms with Crippen LogP contribution in [0.4, 0.5) is 5.69 Å². The topological polar surface area (TPSA) is 107 Å². The molecule has 0 saturated carbocycles. The monoisotopic (exact) mass is 324 g/mol. The number of aromatic nitrogens is 2. The number of sulfonamides is 1. The Labute approximate surface area is 128 Å². The number of hydrogen-bond donors (Lipinski definition) is 1. The Balaban J connectivity index is 1.89. The summed E-state index contributed by atoms with van der Waals surface area (Å²) in [5.74, 6) is 0. The molecule has 2 rings (SSSR count). The quantitative estimate of drug-likeness (QED) is 0.471. The number of nitrogens with zero attached hydrogens (tertiary/aromatic N) is 3. The van der Waals surface area contributed by atoms with Crippen LogP contribution in [0.1, 0.15) is 12.0 Å². The fourth-order valence-corrected chi connectivity index (χ4v) is 2.94. The second kappa shape index (κ2) is 6.67. The molecule has 0 amide bonds. The van der Waals surface area contributed by atoms with Gasteiger partial charge in [-0.15, -0.1) is 0 Å². The van der Waals surface area contributed by atoms with Crippen LogP contribution in [0.5, 0.6) is 0 Å². The van der Waals surface area contributed by atoms with Crippen molar-refractivity contribution < 1.29 is 13.3 Å². The number of nitrogens with one attached hydrogen (secondary N) is 1. The van der Waals surface area contributed by atoms with Crippen molar-refractivity contribution in [2.45, 2.75) is 24.8 Å². The van der Waals surface area contributed by atoms with Gasteiger partial charge >= 0.3 is 0 Å². The van der Waals surface area contributed by atoms with Gasteiger partial charge in [0, 0.05) is 31.4 Å². The summed E-state index contributed by atoms with van der Waals surface area (Å²) in [4.78, 5) is 9.98. The normalized spacial score (nSPS) is 11.5. The molecule has 1 heterocycles. The summed E-state index contributed by atoms with van der Waals surface area (Å²) in [6.45, 7) is 2.80. The van der Waals surface area contributed by atoms with Crippen molar-refractivity contribution in [3.05, 3.63) is 52.3 Å². The lowest BCUT2D eigenvalue weighted by molar-refractivity contribution is -0.384. The average Bonchev–Trinajstić information content (AvgIpc) is 2.89. The van der Waals surface area contributed by atoms with Gasteiger partial charge in [0.2, 0.25) is 10.0 Å². The third-order valence-corrected chi connectivity index (χ3v) is 4.45. The van der Waals surface area contributed by atoms with Crippen LogP contribution in [0.25, 0.3) is 0 Å². The molecule has 0 atom stereocenters. The zero-order valence-corrected chi connectivity index (χ0v) is 12.8. The molecular weight excluding hydrogens is 308 g/mol. The van der Waals surface area contributed by atoms with Crippen molar-refractivity contribution in [2.75, 3.05) is 6.54 Å². The zero-order valence-electron chi connectivity index (χ0n) is 12.0. The van der Waals surface area contributed by atoms with Crippen molar-refractivity contribution in [3.8, 4) is 0 Å². The molecule has 2 aromatic rings. The van der Waals surface area contributed by atoms with E-state index >= 15 is 0 Å². The molecule has 1 N–H and O–H groups in total. The van der Waals surface area contributed by atoms with Crippen LogP contribution in [0, 0.1) is 17.0 Å². The lowest BCUT2D eigenvalue weighted by Gasteiger charge is -2.06. The summed E-state index contributed by atoms with van der Waals surface area (Å²) in [6, 6.07) is 4.77. The predicted octanol–water partition coefficient (Wildman–Crippen LogP) is 1.47. The van der Waals surface area contributed by atoms with Crippen LogP contribution in [0.2, 0.25) is 0 Å². The first-order chi connectivity index (χ1) is 10.4. The van der Waals surface area contributed by atoms with E-state index in [1.165, 1.54) is 24.3 Å². The van der Waals surface area contributed by atoms with Crippen LogP contribution < -0.4 is 4.72 Å². The van der Waals surface area contributed by atoms with Gasteiger partial charge < -0.3 is 0 Å². The number of nitro benzene ring substituents is 1. The molecule has 9 heteroatoms. The van der Waals surface area contributed by atoms with Gasteiger partial charge in [0.25, 0.3) is 5.69 Å². The van der Waals surface area contributed by atoms with E-state index in [9.17, 15) is 18.5 Å². The molecule has 8 nitrogen and oxygen atoms in total. The van der Waals surface area contributed by atoms with Crippen molar-refractivity contribution in [3.63, 3.8) is 0 Å². The molecule has 0 bridgehead atoms. The molecule has 0 aliphatic heterocycles. The Morgan fingerprint density at radius 2 is 2.00 bits per heavy atom. The molecule has 1 aromatic heterocycles. The number of aryl methyl sites for hydroxylation is 2. The molecule has 0 aliphatic rings. The van der Waals surface area contributed by atoms with Gasteiger partial charge in [-0.1, -0.05) is 0 Å². The van der Waals surface area contributed by atoms with Gasteiger partial charge in [-0.2, -0.15) is 5.10 Å². The number of rotatable bonds is 7. The largest absolute Gasteiger partial charge is 0.272 e. The highest BCUT2D eigenvalue weighted by Crippen LogP contribution is 2.15. The molecule has 0 radical (unpaired) electrons. The SMILES string of the molecule is Cc1cnn(CCCNS(=O)(=O)c2ccc([N+](=O)[O-])cc2)c1. The van der Waals surface area contributed by atoms with Gasteiger partial charge in [0.15, 0.2) is 0 Å². The maximum atomic E-state index is 12.0. The van der Waals surface area contributed by atoms with Crippen molar-refractivity contribution in [2.24, 2.45) is 0 Å². The molecule has 1 aromatic carbocycles. The van der Waals surface area contributed by atoms with E-state index in [0.29, 0.717) is 13.0 Å². The second-order valence-corrected chi connectivity index (χ2v) is 6.55. The first-order valence-corrected chi connectivity index (χ1v) is 8.10. The Hall–Kier alpha value is -2.26. The van der Waals surface area contributed by atoms with Crippen LogP contribution in [0.15, 0.2) is 41.6 Å². The van der Waals surface area contributed by atoms with E-state index in [1.807, 2.05) is 13.1 Å². The fraction of sp³-hybridized carbons (Fsp3) is 0.308. The van der Waals surface area contributed by atoms with Crippen LogP contribution >= 0.6 is 0 Å². The molecular formula is C13H16N4O4S. The van der Waals surface area contributed by atoms with E-state index in [-0.39, 0.29) is 17.1 Å². The standard InChI is InChI=1S/C13H16N4O4S/c1-11-9-14-16(10-11)8-2-7-15-22(20,21)13-5-3-12(4-6-13)17(18)19/h3-6,9-10,15H,2,7-8H2,1H3. The Bertz CT molecular complexity index is 753. The third-order valence-electron chi connectivity index (χ3n) is 2.98. The summed E-state index contributed by atoms with van der Waals surface area (Å²) in [6.07, 6.45) is 4.21. The number of non-ortho nitro benzene ring substituents is 1. The highest BCUT2D eigenvalue weighted by Gasteiger charge is 2.15. The van der Waals surface area contributed by atoms with E-state index in [2.05, 4.69) is 9.82 Å². The highest BCUT2D eigenvalue weighted by molar-refractivity contribution is 7.89. The van der Waals surface area contributed by atoms with E-state index in [4.69, 9.17) is 0 Å². The molecule has 22 heavy (non-hydrogen) atoms. The van der Waals surface area contributed by atoms with E-state index in [0.717, 1.165) is 5.56 Å². The van der Waals surface area contributed by atoms with Crippen LogP contribution in [-0.2, 0) is 16.6 Å². The fourth-order valence-electron chi connectivity index (χ4n) is 1.87. The second-order valence-electron chi connectivity index (χ2n) is 4.78. The number of benzene rings is 1. The molecule has 0 unspecified atom stereocenters. The van der Waals surface area contributed by atoms with Gasteiger partial charge in [0.1, 0.15) is 0 Å². The summed E-state index contributed by atoms with van der Waals surface area (Å²) >= 11 is 0. The zero-order chi connectivity index (χ0) is 16.2. The van der Waals surface area contributed by atoms with Crippen molar-refractivity contribution in [1.29, 1.82) is 0 Å². The van der Waals surface area contributed by atoms with Gasteiger partial charge in [-0.05, 0) is 31.0 Å². The summed E-state index contributed by atoms with van der Waals surface area (Å²) in [5.41, 5.74) is 0.902. The Morgan fingerprint density at radius 1 is 1.32 bits per heavy atom.